The van der Waals surface area contributed by atoms with Crippen molar-refractivity contribution in [2.45, 2.75) is 45.4 Å². The van der Waals surface area contributed by atoms with E-state index in [0.717, 1.165) is 13.0 Å². The Bertz CT molecular complexity index is 519. The molecule has 0 bridgehead atoms. The first-order valence-corrected chi connectivity index (χ1v) is 8.68. The van der Waals surface area contributed by atoms with E-state index in [2.05, 4.69) is 22.9 Å². The number of nitrogens with one attached hydrogen (secondary N) is 5. The van der Waals surface area contributed by atoms with Gasteiger partial charge in [-0.15, -0.1) is 0 Å². The fourth-order valence-corrected chi connectivity index (χ4v) is 2.34. The first-order valence-electron chi connectivity index (χ1n) is 7.93. The van der Waals surface area contributed by atoms with Gasteiger partial charge in [-0.3, -0.25) is 16.1 Å². The zero-order chi connectivity index (χ0) is 17.1. The van der Waals surface area contributed by atoms with E-state index in [1.807, 2.05) is 0 Å². The molecule has 0 aliphatic heterocycles. The highest BCUT2D eigenvalue weighted by Gasteiger charge is 2.03. The predicted octanol–water partition coefficient (Wildman–Crippen LogP) is 4.81. The summed E-state index contributed by atoms with van der Waals surface area (Å²) in [6.07, 6.45) is 7.26. The highest BCUT2D eigenvalue weighted by molar-refractivity contribution is 6.42. The van der Waals surface area contributed by atoms with Crippen molar-refractivity contribution in [1.29, 1.82) is 10.8 Å². The van der Waals surface area contributed by atoms with Crippen LogP contribution in [0.2, 0.25) is 10.0 Å². The van der Waals surface area contributed by atoms with E-state index in [-0.39, 0.29) is 11.9 Å². The molecule has 23 heavy (non-hydrogen) atoms. The number of anilines is 1. The third-order valence-electron chi connectivity index (χ3n) is 3.27. The first-order chi connectivity index (χ1) is 11.0. The molecule has 0 aromatic heterocycles. The van der Waals surface area contributed by atoms with Gasteiger partial charge in [0.25, 0.3) is 0 Å². The van der Waals surface area contributed by atoms with Crippen LogP contribution in [-0.2, 0) is 0 Å². The molecule has 0 unspecified atom stereocenters. The van der Waals surface area contributed by atoms with E-state index < -0.39 is 0 Å². The van der Waals surface area contributed by atoms with Gasteiger partial charge in [0.2, 0.25) is 0 Å². The van der Waals surface area contributed by atoms with E-state index in [9.17, 15) is 0 Å². The molecule has 5 nitrogen and oxygen atoms in total. The highest BCUT2D eigenvalue weighted by atomic mass is 35.5. The summed E-state index contributed by atoms with van der Waals surface area (Å²) in [5, 5.41) is 24.8. The molecule has 0 aliphatic rings. The summed E-state index contributed by atoms with van der Waals surface area (Å²) in [6.45, 7) is 2.94. The number of rotatable bonds is 8. The van der Waals surface area contributed by atoms with E-state index in [1.54, 1.807) is 18.2 Å². The average Bonchev–Trinajstić information content (AvgIpc) is 2.50. The van der Waals surface area contributed by atoms with Crippen molar-refractivity contribution in [1.82, 2.24) is 10.6 Å². The Kier molecular flexibility index (Phi) is 9.48. The van der Waals surface area contributed by atoms with Crippen molar-refractivity contribution in [3.8, 4) is 0 Å². The third kappa shape index (κ3) is 8.67. The van der Waals surface area contributed by atoms with Gasteiger partial charge in [0.05, 0.1) is 10.0 Å². The topological polar surface area (TPSA) is 83.8 Å². The maximum Gasteiger partial charge on any atom is 0.199 e. The molecule has 1 rings (SSSR count). The number of benzene rings is 1. The normalized spacial score (nSPS) is 10.2. The van der Waals surface area contributed by atoms with Crippen LogP contribution in [0.15, 0.2) is 18.2 Å². The van der Waals surface area contributed by atoms with Crippen molar-refractivity contribution in [3.63, 3.8) is 0 Å². The molecule has 0 amide bonds. The number of guanidine groups is 2. The van der Waals surface area contributed by atoms with Crippen LogP contribution < -0.4 is 16.0 Å². The van der Waals surface area contributed by atoms with Crippen LogP contribution in [0, 0.1) is 10.8 Å². The summed E-state index contributed by atoms with van der Waals surface area (Å²) in [5.41, 5.74) is 0.639. The van der Waals surface area contributed by atoms with Gasteiger partial charge in [-0.25, -0.2) is 0 Å². The smallest absolute Gasteiger partial charge is 0.199 e. The molecule has 0 radical (unpaired) electrons. The molecule has 0 saturated heterocycles. The molecule has 0 heterocycles. The number of halogens is 2. The molecule has 0 fully saturated rings. The zero-order valence-electron chi connectivity index (χ0n) is 13.4. The second-order valence-corrected chi connectivity index (χ2v) is 6.14. The standard InChI is InChI=1S/C16H25Cl2N5/c1-2-3-4-5-6-7-10-21-15(19)23-16(20)22-12-8-9-13(17)14(18)11-12/h8-9,11H,2-7,10H2,1H3,(H5,19,20,21,22,23). The molecule has 128 valence electrons. The summed E-state index contributed by atoms with van der Waals surface area (Å²) in [6, 6.07) is 5.01. The predicted molar refractivity (Wildman–Crippen MR) is 100 cm³/mol. The minimum Gasteiger partial charge on any atom is -0.356 e. The minimum absolute atomic E-state index is 0.00355. The number of unbranched alkanes of at least 4 members (excludes halogenated alkanes) is 5. The molecule has 5 N–H and O–H groups in total. The van der Waals surface area contributed by atoms with E-state index in [0.29, 0.717) is 15.7 Å². The average molecular weight is 358 g/mol. The van der Waals surface area contributed by atoms with Gasteiger partial charge in [0.15, 0.2) is 11.9 Å². The molecule has 0 saturated carbocycles. The lowest BCUT2D eigenvalue weighted by molar-refractivity contribution is 0.601. The van der Waals surface area contributed by atoms with Crippen LogP contribution in [0.5, 0.6) is 0 Å². The quantitative estimate of drug-likeness (QED) is 0.263. The Hall–Kier alpha value is -1.46. The Morgan fingerprint density at radius 3 is 2.35 bits per heavy atom. The maximum atomic E-state index is 7.79. The molecule has 0 atom stereocenters. The summed E-state index contributed by atoms with van der Waals surface area (Å²) in [5.74, 6) is 0.111. The molecule has 7 heteroatoms. The van der Waals surface area contributed by atoms with Crippen LogP contribution in [0.4, 0.5) is 5.69 Å². The fourth-order valence-electron chi connectivity index (χ4n) is 2.04. The maximum absolute atomic E-state index is 7.79. The van der Waals surface area contributed by atoms with Crippen molar-refractivity contribution >= 4 is 40.8 Å². The van der Waals surface area contributed by atoms with Crippen molar-refractivity contribution in [3.05, 3.63) is 28.2 Å². The van der Waals surface area contributed by atoms with E-state index >= 15 is 0 Å². The summed E-state index contributed by atoms with van der Waals surface area (Å²) < 4.78 is 0. The molecular weight excluding hydrogens is 333 g/mol. The first kappa shape index (κ1) is 19.6. The van der Waals surface area contributed by atoms with E-state index in [4.69, 9.17) is 34.0 Å². The summed E-state index contributed by atoms with van der Waals surface area (Å²) >= 11 is 11.8. The molecule has 0 aliphatic carbocycles. The molecule has 1 aromatic rings. The van der Waals surface area contributed by atoms with Crippen LogP contribution in [0.1, 0.15) is 45.4 Å². The van der Waals surface area contributed by atoms with Crippen molar-refractivity contribution in [2.75, 3.05) is 11.9 Å². The summed E-state index contributed by atoms with van der Waals surface area (Å²) in [4.78, 5) is 0. The van der Waals surface area contributed by atoms with Gasteiger partial charge < -0.3 is 10.6 Å². The Balaban J connectivity index is 2.18. The van der Waals surface area contributed by atoms with Gasteiger partial charge in [-0.2, -0.15) is 0 Å². The van der Waals surface area contributed by atoms with Gasteiger partial charge in [0.1, 0.15) is 0 Å². The van der Waals surface area contributed by atoms with Gasteiger partial charge in [-0.05, 0) is 24.6 Å². The van der Waals surface area contributed by atoms with Crippen molar-refractivity contribution < 1.29 is 0 Å². The molecule has 1 aromatic carbocycles. The van der Waals surface area contributed by atoms with Gasteiger partial charge in [-0.1, -0.05) is 62.2 Å². The number of hydrogen-bond donors (Lipinski definition) is 5. The number of hydrogen-bond acceptors (Lipinski definition) is 2. The van der Waals surface area contributed by atoms with Crippen LogP contribution >= 0.6 is 23.2 Å². The molecular formula is C16H25Cl2N5. The third-order valence-corrected chi connectivity index (χ3v) is 4.01. The SMILES string of the molecule is CCCCCCCCNC(=N)NC(=N)Nc1ccc(Cl)c(Cl)c1. The van der Waals surface area contributed by atoms with Crippen LogP contribution in [-0.4, -0.2) is 18.5 Å². The fraction of sp³-hybridized carbons (Fsp3) is 0.500. The van der Waals surface area contributed by atoms with Crippen molar-refractivity contribution in [2.24, 2.45) is 0 Å². The van der Waals surface area contributed by atoms with Crippen LogP contribution in [0.3, 0.4) is 0 Å². The van der Waals surface area contributed by atoms with Crippen LogP contribution in [0.25, 0.3) is 0 Å². The van der Waals surface area contributed by atoms with E-state index in [1.165, 1.54) is 32.1 Å². The Morgan fingerprint density at radius 2 is 1.65 bits per heavy atom. The highest BCUT2D eigenvalue weighted by Crippen LogP contribution is 2.24. The monoisotopic (exact) mass is 357 g/mol. The zero-order valence-corrected chi connectivity index (χ0v) is 14.9. The lowest BCUT2D eigenvalue weighted by atomic mass is 10.1. The molecule has 0 spiro atoms. The second-order valence-electron chi connectivity index (χ2n) is 5.32. The lowest BCUT2D eigenvalue weighted by Gasteiger charge is -2.13. The summed E-state index contributed by atoms with van der Waals surface area (Å²) in [7, 11) is 0. The second kappa shape index (κ2) is 11.1. The Labute approximate surface area is 148 Å². The Morgan fingerprint density at radius 1 is 0.957 bits per heavy atom. The lowest BCUT2D eigenvalue weighted by Crippen LogP contribution is -2.43. The van der Waals surface area contributed by atoms with Gasteiger partial charge in [0, 0.05) is 12.2 Å². The van der Waals surface area contributed by atoms with Gasteiger partial charge >= 0.3 is 0 Å². The largest absolute Gasteiger partial charge is 0.356 e. The minimum atomic E-state index is 0.00355.